The zero-order chi connectivity index (χ0) is 22.2. The van der Waals surface area contributed by atoms with Crippen molar-refractivity contribution < 1.29 is 4.74 Å². The molecule has 2 heterocycles. The van der Waals surface area contributed by atoms with Gasteiger partial charge in [-0.2, -0.15) is 0 Å². The van der Waals surface area contributed by atoms with Crippen molar-refractivity contribution in [2.75, 3.05) is 12.3 Å². The maximum absolute atomic E-state index is 13.8. The molecule has 0 bridgehead atoms. The molecular weight excluding hydrogens is 404 g/mol. The van der Waals surface area contributed by atoms with Gasteiger partial charge in [0, 0.05) is 25.9 Å². The van der Waals surface area contributed by atoms with Crippen molar-refractivity contribution in [3.63, 3.8) is 0 Å². The maximum atomic E-state index is 13.8. The minimum Gasteiger partial charge on any atom is -0.398 e. The largest absolute Gasteiger partial charge is 0.398 e. The molecule has 4 rings (SSSR count). The quantitative estimate of drug-likeness (QED) is 0.258. The minimum atomic E-state index is -1.18. The van der Waals surface area contributed by atoms with E-state index in [1.165, 1.54) is 0 Å². The highest BCUT2D eigenvalue weighted by Gasteiger charge is 2.21. The van der Waals surface area contributed by atoms with Crippen LogP contribution in [0.5, 0.6) is 0 Å². The fraction of sp³-hybridized carbons (Fsp3) is 0.333. The number of imidazole rings is 1. The van der Waals surface area contributed by atoms with E-state index in [2.05, 4.69) is 19.6 Å². The molecule has 0 spiro atoms. The number of hydrogen-bond acceptors (Lipinski definition) is 4. The summed E-state index contributed by atoms with van der Waals surface area (Å²) in [5.74, 6) is 0.606. The van der Waals surface area contributed by atoms with Gasteiger partial charge >= 0.3 is 0 Å². The summed E-state index contributed by atoms with van der Waals surface area (Å²) in [5.41, 5.74) is 10.5. The fourth-order valence-corrected chi connectivity index (χ4v) is 4.61. The summed E-state index contributed by atoms with van der Waals surface area (Å²) in [7, 11) is -1.18. The molecule has 4 aromatic rings. The number of nitrogens with zero attached hydrogens (tertiary/aromatic N) is 3. The lowest BCUT2D eigenvalue weighted by atomic mass is 10.0. The molecule has 2 aromatic heterocycles. The van der Waals surface area contributed by atoms with E-state index in [9.17, 15) is 4.79 Å². The first-order valence-electron chi connectivity index (χ1n) is 10.8. The van der Waals surface area contributed by atoms with Crippen LogP contribution in [0.25, 0.3) is 27.9 Å². The third-order valence-corrected chi connectivity index (χ3v) is 7.28. The molecule has 0 aliphatic rings. The third kappa shape index (κ3) is 4.03. The standard InChI is InChI=1S/C24H30N4O2Si/c1-5-19-22(17-10-6-7-11-18(17)25)23(29)28-21-13-9-8-12-20(21)27(24(28)26-19)16-30-14-15-31(2,3)4/h6-13H,5,14-16,25H2,1-4H3. The van der Waals surface area contributed by atoms with Crippen LogP contribution in [-0.2, 0) is 17.9 Å². The lowest BCUT2D eigenvalue weighted by Crippen LogP contribution is -2.22. The molecule has 0 atom stereocenters. The maximum Gasteiger partial charge on any atom is 0.267 e. The average Bonchev–Trinajstić information content (AvgIpc) is 3.05. The van der Waals surface area contributed by atoms with Crippen molar-refractivity contribution in [2.45, 2.75) is 45.8 Å². The van der Waals surface area contributed by atoms with Crippen LogP contribution in [0, 0.1) is 0 Å². The molecule has 0 fully saturated rings. The van der Waals surface area contributed by atoms with Gasteiger partial charge in [0.15, 0.2) is 0 Å². The SMILES string of the molecule is CCc1nc2n(COCC[Si](C)(C)C)c3ccccc3n2c(=O)c1-c1ccccc1N. The van der Waals surface area contributed by atoms with E-state index in [4.69, 9.17) is 15.5 Å². The highest BCUT2D eigenvalue weighted by Crippen LogP contribution is 2.28. The number of para-hydroxylation sites is 3. The second-order valence-electron chi connectivity index (χ2n) is 9.08. The lowest BCUT2D eigenvalue weighted by molar-refractivity contribution is 0.0921. The Morgan fingerprint density at radius 1 is 1.03 bits per heavy atom. The Labute approximate surface area is 183 Å². The molecule has 2 N–H and O–H groups in total. The summed E-state index contributed by atoms with van der Waals surface area (Å²) < 4.78 is 9.73. The normalized spacial score (nSPS) is 12.1. The molecule has 0 aliphatic carbocycles. The van der Waals surface area contributed by atoms with Gasteiger partial charge < -0.3 is 10.5 Å². The number of nitrogen functional groups attached to an aromatic ring is 1. The lowest BCUT2D eigenvalue weighted by Gasteiger charge is -2.16. The van der Waals surface area contributed by atoms with Crippen LogP contribution in [0.15, 0.2) is 53.3 Å². The Bertz CT molecular complexity index is 1300. The number of nitrogens with two attached hydrogens (primary N) is 1. The summed E-state index contributed by atoms with van der Waals surface area (Å²) in [6.07, 6.45) is 0.632. The molecule has 31 heavy (non-hydrogen) atoms. The van der Waals surface area contributed by atoms with Gasteiger partial charge in [0.2, 0.25) is 5.78 Å². The first-order chi connectivity index (χ1) is 14.8. The van der Waals surface area contributed by atoms with E-state index in [1.807, 2.05) is 60.0 Å². The highest BCUT2D eigenvalue weighted by atomic mass is 28.3. The number of fused-ring (bicyclic) bond motifs is 3. The van der Waals surface area contributed by atoms with Gasteiger partial charge in [-0.25, -0.2) is 9.38 Å². The van der Waals surface area contributed by atoms with Gasteiger partial charge in [0.25, 0.3) is 5.56 Å². The van der Waals surface area contributed by atoms with E-state index >= 15 is 0 Å². The van der Waals surface area contributed by atoms with Gasteiger partial charge in [0.1, 0.15) is 6.73 Å². The van der Waals surface area contributed by atoms with Gasteiger partial charge in [0.05, 0.1) is 22.3 Å². The van der Waals surface area contributed by atoms with Gasteiger partial charge in [-0.1, -0.05) is 56.9 Å². The van der Waals surface area contributed by atoms with Gasteiger partial charge in [-0.15, -0.1) is 0 Å². The van der Waals surface area contributed by atoms with E-state index in [-0.39, 0.29) is 5.56 Å². The van der Waals surface area contributed by atoms with Crippen LogP contribution >= 0.6 is 0 Å². The second kappa shape index (κ2) is 8.32. The molecular formula is C24H30N4O2Si. The summed E-state index contributed by atoms with van der Waals surface area (Å²) in [5, 5.41) is 0. The third-order valence-electron chi connectivity index (χ3n) is 5.58. The predicted molar refractivity (Wildman–Crippen MR) is 130 cm³/mol. The number of ether oxygens (including phenoxy) is 1. The topological polar surface area (TPSA) is 74.5 Å². The molecule has 0 saturated carbocycles. The summed E-state index contributed by atoms with van der Waals surface area (Å²) in [4.78, 5) is 18.7. The number of rotatable bonds is 7. The number of benzene rings is 2. The summed E-state index contributed by atoms with van der Waals surface area (Å²) >= 11 is 0. The Morgan fingerprint density at radius 3 is 2.39 bits per heavy atom. The number of aryl methyl sites for hydroxylation is 1. The predicted octanol–water partition coefficient (Wildman–Crippen LogP) is 4.77. The van der Waals surface area contributed by atoms with Gasteiger partial charge in [-0.05, 0) is 30.7 Å². The van der Waals surface area contributed by atoms with Crippen LogP contribution in [0.3, 0.4) is 0 Å². The molecule has 0 saturated heterocycles. The molecule has 0 unspecified atom stereocenters. The Kier molecular flexibility index (Phi) is 5.73. The van der Waals surface area contributed by atoms with Crippen LogP contribution in [0.2, 0.25) is 25.7 Å². The smallest absolute Gasteiger partial charge is 0.267 e. The highest BCUT2D eigenvalue weighted by molar-refractivity contribution is 6.76. The van der Waals surface area contributed by atoms with Crippen molar-refractivity contribution in [3.05, 3.63) is 64.6 Å². The van der Waals surface area contributed by atoms with Crippen molar-refractivity contribution in [1.82, 2.24) is 14.0 Å². The number of hydrogen-bond donors (Lipinski definition) is 1. The second-order valence-corrected chi connectivity index (χ2v) is 14.7. The van der Waals surface area contributed by atoms with Crippen molar-refractivity contribution in [2.24, 2.45) is 0 Å². The summed E-state index contributed by atoms with van der Waals surface area (Å²) in [6.45, 7) is 10.1. The van der Waals surface area contributed by atoms with E-state index < -0.39 is 8.07 Å². The molecule has 0 amide bonds. The van der Waals surface area contributed by atoms with E-state index in [1.54, 1.807) is 4.40 Å². The zero-order valence-electron chi connectivity index (χ0n) is 18.7. The first-order valence-corrected chi connectivity index (χ1v) is 14.5. The Balaban J connectivity index is 1.91. The van der Waals surface area contributed by atoms with Crippen LogP contribution < -0.4 is 11.3 Å². The van der Waals surface area contributed by atoms with Crippen LogP contribution in [-0.4, -0.2) is 28.6 Å². The number of aromatic nitrogens is 3. The molecule has 6 nitrogen and oxygen atoms in total. The zero-order valence-corrected chi connectivity index (χ0v) is 19.7. The molecule has 2 aromatic carbocycles. The fourth-order valence-electron chi connectivity index (χ4n) is 3.85. The monoisotopic (exact) mass is 434 g/mol. The molecule has 162 valence electrons. The Morgan fingerprint density at radius 2 is 1.71 bits per heavy atom. The Hall–Kier alpha value is -2.90. The molecule has 0 aliphatic heterocycles. The minimum absolute atomic E-state index is 0.100. The van der Waals surface area contributed by atoms with Crippen LogP contribution in [0.1, 0.15) is 12.6 Å². The molecule has 0 radical (unpaired) electrons. The van der Waals surface area contributed by atoms with Gasteiger partial charge in [-0.3, -0.25) is 9.36 Å². The van der Waals surface area contributed by atoms with Crippen molar-refractivity contribution >= 4 is 30.6 Å². The van der Waals surface area contributed by atoms with Crippen molar-refractivity contribution in [1.29, 1.82) is 0 Å². The van der Waals surface area contributed by atoms with Crippen molar-refractivity contribution in [3.8, 4) is 11.1 Å². The number of anilines is 1. The average molecular weight is 435 g/mol. The first kappa shape index (κ1) is 21.3. The molecule has 7 heteroatoms. The van der Waals surface area contributed by atoms with E-state index in [0.717, 1.165) is 28.3 Å². The van der Waals surface area contributed by atoms with Crippen LogP contribution in [0.4, 0.5) is 5.69 Å². The van der Waals surface area contributed by atoms with E-state index in [0.29, 0.717) is 36.8 Å². The summed E-state index contributed by atoms with van der Waals surface area (Å²) in [6, 6.07) is 16.4.